The van der Waals surface area contributed by atoms with Gasteiger partial charge in [-0.2, -0.15) is 5.10 Å². The molecule has 2 amide bonds. The third-order valence-corrected chi connectivity index (χ3v) is 4.65. The van der Waals surface area contributed by atoms with Gasteiger partial charge in [0.2, 0.25) is 0 Å². The Kier molecular flexibility index (Phi) is 4.02. The summed E-state index contributed by atoms with van der Waals surface area (Å²) < 4.78 is 1.85. The van der Waals surface area contributed by atoms with Crippen LogP contribution in [0.4, 0.5) is 10.5 Å². The Morgan fingerprint density at radius 2 is 2.09 bits per heavy atom. The van der Waals surface area contributed by atoms with E-state index >= 15 is 0 Å². The molecule has 1 aliphatic heterocycles. The van der Waals surface area contributed by atoms with Crippen molar-refractivity contribution < 1.29 is 4.79 Å². The zero-order chi connectivity index (χ0) is 15.9. The lowest BCUT2D eigenvalue weighted by atomic mass is 10.1. The van der Waals surface area contributed by atoms with Gasteiger partial charge in [0.1, 0.15) is 0 Å². The van der Waals surface area contributed by atoms with Gasteiger partial charge in [-0.15, -0.1) is 0 Å². The van der Waals surface area contributed by atoms with E-state index in [1.165, 1.54) is 5.56 Å². The quantitative estimate of drug-likeness (QED) is 0.863. The molecule has 0 aliphatic carbocycles. The maximum absolute atomic E-state index is 12.4. The summed E-state index contributed by atoms with van der Waals surface area (Å²) in [5.74, 6) is 0. The fourth-order valence-electron chi connectivity index (χ4n) is 2.73. The normalized spacial score (nSPS) is 13.9. The number of nitrogens with one attached hydrogen (secondary N) is 1. The number of aryl methyl sites for hydroxylation is 2. The first-order chi connectivity index (χ1) is 10.5. The standard InChI is InChI=1S/C15H16Cl2N4O/c1-9-11-5-6-21(8-14(11)20(2)19-9)15(22)18-10-3-4-12(16)13(17)7-10/h3-4,7H,5-6,8H2,1-2H3,(H,18,22). The highest BCUT2D eigenvalue weighted by Crippen LogP contribution is 2.26. The average Bonchev–Trinajstić information content (AvgIpc) is 2.77. The molecule has 1 aliphatic rings. The predicted octanol–water partition coefficient (Wildman–Crippen LogP) is 3.63. The lowest BCUT2D eigenvalue weighted by Gasteiger charge is -2.27. The third-order valence-electron chi connectivity index (χ3n) is 3.91. The minimum atomic E-state index is -0.150. The van der Waals surface area contributed by atoms with E-state index in [1.807, 2.05) is 18.7 Å². The van der Waals surface area contributed by atoms with Crippen LogP contribution in [0.3, 0.4) is 0 Å². The summed E-state index contributed by atoms with van der Waals surface area (Å²) in [5, 5.41) is 8.15. The Labute approximate surface area is 138 Å². The Hall–Kier alpha value is -1.72. The second-order valence-electron chi connectivity index (χ2n) is 5.36. The van der Waals surface area contributed by atoms with Crippen LogP contribution in [-0.2, 0) is 20.0 Å². The number of carbonyl (C=O) groups is 1. The van der Waals surface area contributed by atoms with Crippen LogP contribution in [0.2, 0.25) is 10.0 Å². The van der Waals surface area contributed by atoms with Gasteiger partial charge < -0.3 is 10.2 Å². The van der Waals surface area contributed by atoms with Crippen molar-refractivity contribution in [3.63, 3.8) is 0 Å². The predicted molar refractivity (Wildman–Crippen MR) is 87.5 cm³/mol. The third kappa shape index (κ3) is 2.78. The summed E-state index contributed by atoms with van der Waals surface area (Å²) in [6.45, 7) is 3.23. The van der Waals surface area contributed by atoms with Crippen LogP contribution in [0.25, 0.3) is 0 Å². The number of nitrogens with zero attached hydrogens (tertiary/aromatic N) is 3. The van der Waals surface area contributed by atoms with Crippen molar-refractivity contribution in [3.8, 4) is 0 Å². The van der Waals surface area contributed by atoms with Crippen LogP contribution in [-0.4, -0.2) is 27.3 Å². The largest absolute Gasteiger partial charge is 0.322 e. The van der Waals surface area contributed by atoms with E-state index in [4.69, 9.17) is 23.2 Å². The second kappa shape index (κ2) is 5.82. The number of amides is 2. The number of fused-ring (bicyclic) bond motifs is 1. The first-order valence-corrected chi connectivity index (χ1v) is 7.73. The molecule has 7 heteroatoms. The summed E-state index contributed by atoms with van der Waals surface area (Å²) in [7, 11) is 1.91. The van der Waals surface area contributed by atoms with E-state index in [1.54, 1.807) is 23.1 Å². The molecule has 1 N–H and O–H groups in total. The molecule has 2 heterocycles. The van der Waals surface area contributed by atoms with Crippen molar-refractivity contribution in [1.82, 2.24) is 14.7 Å². The SMILES string of the molecule is Cc1nn(C)c2c1CCN(C(=O)Nc1ccc(Cl)c(Cl)c1)C2. The number of urea groups is 1. The monoisotopic (exact) mass is 338 g/mol. The summed E-state index contributed by atoms with van der Waals surface area (Å²) >= 11 is 11.8. The van der Waals surface area contributed by atoms with Crippen molar-refractivity contribution in [2.24, 2.45) is 7.05 Å². The van der Waals surface area contributed by atoms with E-state index < -0.39 is 0 Å². The topological polar surface area (TPSA) is 50.2 Å². The Morgan fingerprint density at radius 3 is 2.82 bits per heavy atom. The minimum Gasteiger partial charge on any atom is -0.318 e. The van der Waals surface area contributed by atoms with Crippen LogP contribution < -0.4 is 5.32 Å². The number of rotatable bonds is 1. The summed E-state index contributed by atoms with van der Waals surface area (Å²) in [5.41, 5.74) is 4.02. The van der Waals surface area contributed by atoms with Crippen LogP contribution in [0.5, 0.6) is 0 Å². The van der Waals surface area contributed by atoms with E-state index in [0.29, 0.717) is 28.8 Å². The number of halogens is 2. The maximum Gasteiger partial charge on any atom is 0.322 e. The molecular formula is C15H16Cl2N4O. The van der Waals surface area contributed by atoms with Crippen LogP contribution in [0.15, 0.2) is 18.2 Å². The first kappa shape index (κ1) is 15.2. The molecule has 116 valence electrons. The van der Waals surface area contributed by atoms with Crippen molar-refractivity contribution in [3.05, 3.63) is 45.2 Å². The summed E-state index contributed by atoms with van der Waals surface area (Å²) in [4.78, 5) is 14.2. The summed E-state index contributed by atoms with van der Waals surface area (Å²) in [6.07, 6.45) is 0.823. The molecule has 22 heavy (non-hydrogen) atoms. The Morgan fingerprint density at radius 1 is 1.32 bits per heavy atom. The zero-order valence-electron chi connectivity index (χ0n) is 12.4. The number of hydrogen-bond acceptors (Lipinski definition) is 2. The van der Waals surface area contributed by atoms with Crippen LogP contribution >= 0.6 is 23.2 Å². The van der Waals surface area contributed by atoms with Gasteiger partial charge in [0.25, 0.3) is 0 Å². The summed E-state index contributed by atoms with van der Waals surface area (Å²) in [6, 6.07) is 4.89. The van der Waals surface area contributed by atoms with Crippen molar-refractivity contribution >= 4 is 34.9 Å². The number of anilines is 1. The molecule has 0 saturated carbocycles. The van der Waals surface area contributed by atoms with Gasteiger partial charge in [0, 0.05) is 19.3 Å². The number of hydrogen-bond donors (Lipinski definition) is 1. The molecule has 0 fully saturated rings. The van der Waals surface area contributed by atoms with Crippen molar-refractivity contribution in [1.29, 1.82) is 0 Å². The van der Waals surface area contributed by atoms with Gasteiger partial charge in [-0.1, -0.05) is 23.2 Å². The molecular weight excluding hydrogens is 323 g/mol. The molecule has 0 spiro atoms. The van der Waals surface area contributed by atoms with E-state index in [-0.39, 0.29) is 6.03 Å². The lowest BCUT2D eigenvalue weighted by Crippen LogP contribution is -2.39. The van der Waals surface area contributed by atoms with E-state index in [0.717, 1.165) is 17.8 Å². The van der Waals surface area contributed by atoms with E-state index in [9.17, 15) is 4.79 Å². The Balaban J connectivity index is 1.74. The fraction of sp³-hybridized carbons (Fsp3) is 0.333. The number of carbonyl (C=O) groups excluding carboxylic acids is 1. The van der Waals surface area contributed by atoms with Crippen molar-refractivity contribution in [2.75, 3.05) is 11.9 Å². The highest BCUT2D eigenvalue weighted by atomic mass is 35.5. The molecule has 3 rings (SSSR count). The average molecular weight is 339 g/mol. The Bertz CT molecular complexity index is 741. The first-order valence-electron chi connectivity index (χ1n) is 6.98. The fourth-order valence-corrected chi connectivity index (χ4v) is 3.03. The highest BCUT2D eigenvalue weighted by Gasteiger charge is 2.25. The van der Waals surface area contributed by atoms with Crippen LogP contribution in [0.1, 0.15) is 17.0 Å². The molecule has 1 aromatic heterocycles. The molecule has 0 atom stereocenters. The van der Waals surface area contributed by atoms with E-state index in [2.05, 4.69) is 10.4 Å². The molecule has 0 bridgehead atoms. The molecule has 2 aromatic rings. The lowest BCUT2D eigenvalue weighted by molar-refractivity contribution is 0.204. The molecule has 1 aromatic carbocycles. The van der Waals surface area contributed by atoms with Gasteiger partial charge in [-0.3, -0.25) is 4.68 Å². The maximum atomic E-state index is 12.4. The van der Waals surface area contributed by atoms with Gasteiger partial charge in [0.15, 0.2) is 0 Å². The van der Waals surface area contributed by atoms with Gasteiger partial charge in [0.05, 0.1) is 28.0 Å². The smallest absolute Gasteiger partial charge is 0.318 e. The van der Waals surface area contributed by atoms with Crippen molar-refractivity contribution in [2.45, 2.75) is 19.9 Å². The zero-order valence-corrected chi connectivity index (χ0v) is 13.9. The second-order valence-corrected chi connectivity index (χ2v) is 6.18. The molecule has 5 nitrogen and oxygen atoms in total. The van der Waals surface area contributed by atoms with Crippen LogP contribution in [0, 0.1) is 6.92 Å². The number of benzene rings is 1. The van der Waals surface area contributed by atoms with Gasteiger partial charge in [-0.25, -0.2) is 4.79 Å². The molecule has 0 saturated heterocycles. The highest BCUT2D eigenvalue weighted by molar-refractivity contribution is 6.42. The number of aromatic nitrogens is 2. The van der Waals surface area contributed by atoms with Gasteiger partial charge in [-0.05, 0) is 37.1 Å². The van der Waals surface area contributed by atoms with Gasteiger partial charge >= 0.3 is 6.03 Å². The molecule has 0 radical (unpaired) electrons. The minimum absolute atomic E-state index is 0.150. The molecule has 0 unspecified atom stereocenters.